The van der Waals surface area contributed by atoms with E-state index < -0.39 is 12.5 Å². The molecule has 0 unspecified atom stereocenters. The molecule has 150 valence electrons. The van der Waals surface area contributed by atoms with Gasteiger partial charge in [-0.05, 0) is 49.6 Å². The van der Waals surface area contributed by atoms with Gasteiger partial charge in [0.25, 0.3) is 5.91 Å². The van der Waals surface area contributed by atoms with E-state index in [0.717, 1.165) is 11.3 Å². The van der Waals surface area contributed by atoms with Crippen LogP contribution in [0.4, 0.5) is 8.78 Å². The molecule has 0 fully saturated rings. The van der Waals surface area contributed by atoms with Gasteiger partial charge in [0.1, 0.15) is 5.75 Å². The maximum absolute atomic E-state index is 12.1. The number of carbonyl (C=O) groups is 1. The van der Waals surface area contributed by atoms with Crippen molar-refractivity contribution >= 4 is 11.6 Å². The Morgan fingerprint density at radius 1 is 1.11 bits per heavy atom. The average Bonchev–Trinajstić information content (AvgIpc) is 2.70. The summed E-state index contributed by atoms with van der Waals surface area (Å²) in [5, 5.41) is 4.03. The van der Waals surface area contributed by atoms with Crippen LogP contribution in [0, 0.1) is 0 Å². The van der Waals surface area contributed by atoms with Gasteiger partial charge in [0, 0.05) is 5.71 Å². The minimum absolute atomic E-state index is 0.117. The number of rotatable bonds is 10. The van der Waals surface area contributed by atoms with Crippen molar-refractivity contribution in [3.05, 3.63) is 54.1 Å². The molecule has 1 amide bonds. The molecule has 0 spiro atoms. The molecular formula is C20H22F2N2O4. The third-order valence-corrected chi connectivity index (χ3v) is 3.72. The number of methoxy groups -OCH3 is 1. The Bertz CT molecular complexity index is 795. The first kappa shape index (κ1) is 21.1. The van der Waals surface area contributed by atoms with E-state index in [2.05, 4.69) is 15.3 Å². The van der Waals surface area contributed by atoms with Crippen molar-refractivity contribution in [2.75, 3.05) is 13.7 Å². The number of hydrazone groups is 1. The summed E-state index contributed by atoms with van der Waals surface area (Å²) in [4.78, 5) is 11.9. The molecule has 0 radical (unpaired) electrons. The number of benzene rings is 2. The maximum atomic E-state index is 12.1. The first-order valence-electron chi connectivity index (χ1n) is 8.59. The van der Waals surface area contributed by atoms with E-state index in [4.69, 9.17) is 9.47 Å². The molecule has 0 atom stereocenters. The Balaban J connectivity index is 1.75. The molecule has 0 bridgehead atoms. The number of ether oxygens (including phenoxy) is 3. The Morgan fingerprint density at radius 3 is 2.43 bits per heavy atom. The molecule has 0 saturated heterocycles. The maximum Gasteiger partial charge on any atom is 0.387 e. The Labute approximate surface area is 162 Å². The van der Waals surface area contributed by atoms with Gasteiger partial charge in [0.15, 0.2) is 18.1 Å². The molecule has 0 saturated carbocycles. The van der Waals surface area contributed by atoms with Crippen LogP contribution >= 0.6 is 0 Å². The van der Waals surface area contributed by atoms with Crippen LogP contribution in [0.15, 0.2) is 53.6 Å². The fourth-order valence-electron chi connectivity index (χ4n) is 2.29. The van der Waals surface area contributed by atoms with Gasteiger partial charge in [0.05, 0.1) is 7.11 Å². The number of carbonyl (C=O) groups excluding carboxylic acids is 1. The van der Waals surface area contributed by atoms with E-state index in [1.54, 1.807) is 43.3 Å². The number of halogens is 2. The zero-order valence-electron chi connectivity index (χ0n) is 15.7. The largest absolute Gasteiger partial charge is 0.493 e. The lowest BCUT2D eigenvalue weighted by molar-refractivity contribution is -0.123. The number of nitrogens with zero attached hydrogens (tertiary/aromatic N) is 1. The lowest BCUT2D eigenvalue weighted by Gasteiger charge is -2.09. The molecule has 0 aliphatic rings. The van der Waals surface area contributed by atoms with Crippen LogP contribution in [-0.2, 0) is 11.2 Å². The molecule has 0 aromatic heterocycles. The first-order chi connectivity index (χ1) is 13.5. The van der Waals surface area contributed by atoms with Crippen molar-refractivity contribution in [1.82, 2.24) is 5.43 Å². The Kier molecular flexibility index (Phi) is 8.20. The highest BCUT2D eigenvalue weighted by Gasteiger charge is 2.07. The SMILES string of the molecule is COc1ccccc1OCC(=O)N/N=C(/C)CCc1ccc(OC(F)F)cc1. The Morgan fingerprint density at radius 2 is 1.79 bits per heavy atom. The lowest BCUT2D eigenvalue weighted by atomic mass is 10.1. The molecule has 0 heterocycles. The zero-order chi connectivity index (χ0) is 20.4. The van der Waals surface area contributed by atoms with E-state index in [1.165, 1.54) is 19.2 Å². The number of aryl methyl sites for hydroxylation is 1. The number of alkyl halides is 2. The summed E-state index contributed by atoms with van der Waals surface area (Å²) >= 11 is 0. The monoisotopic (exact) mass is 392 g/mol. The van der Waals surface area contributed by atoms with Crippen LogP contribution in [-0.4, -0.2) is 31.9 Å². The van der Waals surface area contributed by atoms with Crippen molar-refractivity contribution < 1.29 is 27.8 Å². The van der Waals surface area contributed by atoms with Gasteiger partial charge < -0.3 is 14.2 Å². The number of nitrogens with one attached hydrogen (secondary N) is 1. The van der Waals surface area contributed by atoms with Gasteiger partial charge in [-0.1, -0.05) is 24.3 Å². The second-order valence-corrected chi connectivity index (χ2v) is 5.84. The van der Waals surface area contributed by atoms with Crippen LogP contribution in [0.5, 0.6) is 17.2 Å². The van der Waals surface area contributed by atoms with Crippen molar-refractivity contribution in [2.45, 2.75) is 26.4 Å². The normalized spacial score (nSPS) is 11.2. The minimum Gasteiger partial charge on any atom is -0.493 e. The van der Waals surface area contributed by atoms with E-state index in [0.29, 0.717) is 24.3 Å². The summed E-state index contributed by atoms with van der Waals surface area (Å²) in [6.45, 7) is -1.24. The molecule has 2 aromatic carbocycles. The van der Waals surface area contributed by atoms with Crippen molar-refractivity contribution in [3.63, 3.8) is 0 Å². The minimum atomic E-state index is -2.84. The number of amides is 1. The standard InChI is InChI=1S/C20H22F2N2O4/c1-14(7-8-15-9-11-16(12-10-15)28-20(21)22)23-24-19(25)13-27-18-6-4-3-5-17(18)26-2/h3-6,9-12,20H,7-8,13H2,1-2H3,(H,24,25)/b23-14-. The number of hydrogen-bond donors (Lipinski definition) is 1. The van der Waals surface area contributed by atoms with Gasteiger partial charge in [-0.15, -0.1) is 0 Å². The van der Waals surface area contributed by atoms with Gasteiger partial charge in [0.2, 0.25) is 0 Å². The van der Waals surface area contributed by atoms with E-state index in [-0.39, 0.29) is 12.4 Å². The van der Waals surface area contributed by atoms with Crippen molar-refractivity contribution in [2.24, 2.45) is 5.10 Å². The van der Waals surface area contributed by atoms with Gasteiger partial charge in [-0.2, -0.15) is 13.9 Å². The molecule has 2 rings (SSSR count). The predicted molar refractivity (Wildman–Crippen MR) is 101 cm³/mol. The molecular weight excluding hydrogens is 370 g/mol. The lowest BCUT2D eigenvalue weighted by Crippen LogP contribution is -2.25. The van der Waals surface area contributed by atoms with Crippen LogP contribution in [0.3, 0.4) is 0 Å². The average molecular weight is 392 g/mol. The highest BCUT2D eigenvalue weighted by molar-refractivity contribution is 5.85. The van der Waals surface area contributed by atoms with Crippen LogP contribution in [0.25, 0.3) is 0 Å². The van der Waals surface area contributed by atoms with E-state index >= 15 is 0 Å². The second kappa shape index (κ2) is 10.9. The van der Waals surface area contributed by atoms with Crippen LogP contribution in [0.1, 0.15) is 18.9 Å². The van der Waals surface area contributed by atoms with Crippen molar-refractivity contribution in [1.29, 1.82) is 0 Å². The van der Waals surface area contributed by atoms with E-state index in [9.17, 15) is 13.6 Å². The molecule has 6 nitrogen and oxygen atoms in total. The smallest absolute Gasteiger partial charge is 0.387 e. The molecule has 2 aromatic rings. The summed E-state index contributed by atoms with van der Waals surface area (Å²) in [6, 6.07) is 13.4. The first-order valence-corrected chi connectivity index (χ1v) is 8.59. The quantitative estimate of drug-likeness (QED) is 0.493. The third-order valence-electron chi connectivity index (χ3n) is 3.72. The summed E-state index contributed by atoms with van der Waals surface area (Å²) in [6.07, 6.45) is 1.25. The predicted octanol–water partition coefficient (Wildman–Crippen LogP) is 3.80. The summed E-state index contributed by atoms with van der Waals surface area (Å²) in [5.41, 5.74) is 4.10. The van der Waals surface area contributed by atoms with E-state index in [1.807, 2.05) is 0 Å². The van der Waals surface area contributed by atoms with Crippen molar-refractivity contribution in [3.8, 4) is 17.2 Å². The van der Waals surface area contributed by atoms with Crippen LogP contribution < -0.4 is 19.6 Å². The molecule has 1 N–H and O–H groups in total. The molecule has 28 heavy (non-hydrogen) atoms. The van der Waals surface area contributed by atoms with Gasteiger partial charge in [-0.25, -0.2) is 5.43 Å². The number of hydrogen-bond acceptors (Lipinski definition) is 5. The summed E-state index contributed by atoms with van der Waals surface area (Å²) in [5.74, 6) is 0.741. The summed E-state index contributed by atoms with van der Waals surface area (Å²) < 4.78 is 39.1. The highest BCUT2D eigenvalue weighted by Crippen LogP contribution is 2.25. The fraction of sp³-hybridized carbons (Fsp3) is 0.300. The molecule has 0 aliphatic heterocycles. The molecule has 8 heteroatoms. The summed E-state index contributed by atoms with van der Waals surface area (Å²) in [7, 11) is 1.52. The molecule has 0 aliphatic carbocycles. The van der Waals surface area contributed by atoms with Gasteiger partial charge >= 0.3 is 6.61 Å². The number of para-hydroxylation sites is 2. The topological polar surface area (TPSA) is 69.2 Å². The fourth-order valence-corrected chi connectivity index (χ4v) is 2.29. The highest BCUT2D eigenvalue weighted by atomic mass is 19.3. The second-order valence-electron chi connectivity index (χ2n) is 5.84. The third kappa shape index (κ3) is 7.22. The Hall–Kier alpha value is -3.16. The van der Waals surface area contributed by atoms with Crippen LogP contribution in [0.2, 0.25) is 0 Å². The van der Waals surface area contributed by atoms with Gasteiger partial charge in [-0.3, -0.25) is 4.79 Å². The zero-order valence-corrected chi connectivity index (χ0v) is 15.7.